The number of nitrogens with one attached hydrogen (secondary N) is 2. The Morgan fingerprint density at radius 3 is 2.64 bits per heavy atom. The van der Waals surface area contributed by atoms with Crippen LogP contribution < -0.4 is 16.4 Å². The molecule has 7 nitrogen and oxygen atoms in total. The van der Waals surface area contributed by atoms with E-state index in [0.29, 0.717) is 18.4 Å². The molecular weight excluding hydrogens is 314 g/mol. The Labute approximate surface area is 149 Å². The number of anilines is 2. The van der Waals surface area contributed by atoms with Crippen LogP contribution in [0.25, 0.3) is 11.0 Å². The summed E-state index contributed by atoms with van der Waals surface area (Å²) in [7, 11) is 1.90. The lowest BCUT2D eigenvalue weighted by atomic mass is 9.84. The van der Waals surface area contributed by atoms with Gasteiger partial charge in [0.2, 0.25) is 5.95 Å². The summed E-state index contributed by atoms with van der Waals surface area (Å²) in [6.07, 6.45) is 8.23. The van der Waals surface area contributed by atoms with Gasteiger partial charge in [0.05, 0.1) is 11.6 Å². The molecule has 0 saturated heterocycles. The van der Waals surface area contributed by atoms with E-state index in [9.17, 15) is 0 Å². The van der Waals surface area contributed by atoms with Gasteiger partial charge in [0.15, 0.2) is 5.65 Å². The summed E-state index contributed by atoms with van der Waals surface area (Å²) >= 11 is 0. The molecule has 1 aliphatic carbocycles. The largest absolute Gasteiger partial charge is 0.365 e. The number of aromatic nitrogens is 4. The SMILES string of the molecule is Cn1ncc2c(NC(C)(C)C)nc(NC[C@@H](N)C3CCCCC3)nc21. The second-order valence-corrected chi connectivity index (χ2v) is 8.22. The zero-order valence-electron chi connectivity index (χ0n) is 15.8. The van der Waals surface area contributed by atoms with Crippen LogP contribution in [0.2, 0.25) is 0 Å². The fourth-order valence-corrected chi connectivity index (χ4v) is 3.49. The summed E-state index contributed by atoms with van der Waals surface area (Å²) < 4.78 is 1.77. The molecule has 0 spiro atoms. The van der Waals surface area contributed by atoms with Crippen molar-refractivity contribution in [2.45, 2.75) is 64.5 Å². The van der Waals surface area contributed by atoms with Crippen LogP contribution in [0.1, 0.15) is 52.9 Å². The lowest BCUT2D eigenvalue weighted by molar-refractivity contribution is 0.311. The molecule has 2 aromatic rings. The van der Waals surface area contributed by atoms with E-state index < -0.39 is 0 Å². The van der Waals surface area contributed by atoms with Gasteiger partial charge in [-0.15, -0.1) is 0 Å². The van der Waals surface area contributed by atoms with Crippen molar-refractivity contribution in [1.29, 1.82) is 0 Å². The smallest absolute Gasteiger partial charge is 0.226 e. The van der Waals surface area contributed by atoms with E-state index in [1.54, 1.807) is 10.9 Å². The number of nitrogens with zero attached hydrogens (tertiary/aromatic N) is 4. The van der Waals surface area contributed by atoms with Gasteiger partial charge in [-0.1, -0.05) is 19.3 Å². The molecule has 2 heterocycles. The van der Waals surface area contributed by atoms with E-state index in [4.69, 9.17) is 5.73 Å². The molecule has 1 aliphatic rings. The molecule has 4 N–H and O–H groups in total. The van der Waals surface area contributed by atoms with Gasteiger partial charge in [0.1, 0.15) is 5.82 Å². The van der Waals surface area contributed by atoms with Crippen molar-refractivity contribution in [2.24, 2.45) is 18.7 Å². The molecule has 25 heavy (non-hydrogen) atoms. The number of aryl methyl sites for hydroxylation is 1. The second-order valence-electron chi connectivity index (χ2n) is 8.22. The normalized spacial score (nSPS) is 17.6. The van der Waals surface area contributed by atoms with Gasteiger partial charge < -0.3 is 16.4 Å². The van der Waals surface area contributed by atoms with Gasteiger partial charge in [-0.2, -0.15) is 15.1 Å². The van der Waals surface area contributed by atoms with Crippen LogP contribution in [0.3, 0.4) is 0 Å². The quantitative estimate of drug-likeness (QED) is 0.771. The predicted octanol–water partition coefficient (Wildman–Crippen LogP) is 2.89. The Hall–Kier alpha value is -1.89. The van der Waals surface area contributed by atoms with Crippen LogP contribution in [0.15, 0.2) is 6.20 Å². The van der Waals surface area contributed by atoms with Crippen molar-refractivity contribution in [3.8, 4) is 0 Å². The van der Waals surface area contributed by atoms with Crippen LogP contribution in [0.5, 0.6) is 0 Å². The summed E-state index contributed by atoms with van der Waals surface area (Å²) in [4.78, 5) is 9.30. The highest BCUT2D eigenvalue weighted by Gasteiger charge is 2.21. The van der Waals surface area contributed by atoms with Crippen LogP contribution in [-0.2, 0) is 7.05 Å². The molecule has 0 bridgehead atoms. The van der Waals surface area contributed by atoms with Crippen LogP contribution in [0.4, 0.5) is 11.8 Å². The monoisotopic (exact) mass is 345 g/mol. The lowest BCUT2D eigenvalue weighted by Crippen LogP contribution is -2.38. The Kier molecular flexibility index (Phi) is 5.13. The van der Waals surface area contributed by atoms with Crippen molar-refractivity contribution in [2.75, 3.05) is 17.2 Å². The van der Waals surface area contributed by atoms with Crippen LogP contribution in [-0.4, -0.2) is 37.9 Å². The molecule has 3 rings (SSSR count). The van der Waals surface area contributed by atoms with Crippen molar-refractivity contribution in [3.05, 3.63) is 6.20 Å². The number of rotatable bonds is 5. The molecule has 138 valence electrons. The maximum absolute atomic E-state index is 6.41. The highest BCUT2D eigenvalue weighted by Crippen LogP contribution is 2.27. The van der Waals surface area contributed by atoms with Crippen molar-refractivity contribution in [1.82, 2.24) is 19.7 Å². The highest BCUT2D eigenvalue weighted by molar-refractivity contribution is 5.87. The van der Waals surface area contributed by atoms with Crippen LogP contribution >= 0.6 is 0 Å². The summed E-state index contributed by atoms with van der Waals surface area (Å²) in [5, 5.41) is 12.0. The van der Waals surface area contributed by atoms with E-state index in [1.165, 1.54) is 32.1 Å². The van der Waals surface area contributed by atoms with Crippen molar-refractivity contribution in [3.63, 3.8) is 0 Å². The molecular formula is C18H31N7. The van der Waals surface area contributed by atoms with Gasteiger partial charge in [-0.3, -0.25) is 4.68 Å². The third kappa shape index (κ3) is 4.39. The van der Waals surface area contributed by atoms with Crippen LogP contribution in [0, 0.1) is 5.92 Å². The number of hydrogen-bond acceptors (Lipinski definition) is 6. The number of nitrogens with two attached hydrogens (primary N) is 1. The summed E-state index contributed by atoms with van der Waals surface area (Å²) in [6, 6.07) is 0.144. The maximum Gasteiger partial charge on any atom is 0.226 e. The third-order valence-corrected chi connectivity index (χ3v) is 4.84. The Morgan fingerprint density at radius 2 is 1.96 bits per heavy atom. The van der Waals surface area contributed by atoms with E-state index >= 15 is 0 Å². The summed E-state index contributed by atoms with van der Waals surface area (Å²) in [5.74, 6) is 2.02. The minimum atomic E-state index is -0.0904. The Balaban J connectivity index is 1.77. The summed E-state index contributed by atoms with van der Waals surface area (Å²) in [5.41, 5.74) is 7.13. The highest BCUT2D eigenvalue weighted by atomic mass is 15.3. The zero-order chi connectivity index (χ0) is 18.0. The molecule has 2 aromatic heterocycles. The molecule has 0 aliphatic heterocycles. The van der Waals surface area contributed by atoms with E-state index in [2.05, 4.69) is 46.5 Å². The average molecular weight is 345 g/mol. The minimum absolute atomic E-state index is 0.0904. The predicted molar refractivity (Wildman–Crippen MR) is 103 cm³/mol. The first-order valence-corrected chi connectivity index (χ1v) is 9.31. The lowest BCUT2D eigenvalue weighted by Gasteiger charge is -2.27. The molecule has 1 saturated carbocycles. The first-order chi connectivity index (χ1) is 11.8. The Bertz CT molecular complexity index is 710. The van der Waals surface area contributed by atoms with Gasteiger partial charge in [0, 0.05) is 25.2 Å². The van der Waals surface area contributed by atoms with E-state index in [0.717, 1.165) is 16.9 Å². The number of hydrogen-bond donors (Lipinski definition) is 3. The summed E-state index contributed by atoms with van der Waals surface area (Å²) in [6.45, 7) is 7.04. The molecule has 7 heteroatoms. The standard InChI is InChI=1S/C18H31N7/c1-18(2,3)24-15-13-10-21-25(4)16(13)23-17(22-15)20-11-14(19)12-8-6-5-7-9-12/h10,12,14H,5-9,11,19H2,1-4H3,(H2,20,22,23,24)/t14-/m1/s1. The second kappa shape index (κ2) is 7.15. The van der Waals surface area contributed by atoms with Gasteiger partial charge >= 0.3 is 0 Å². The molecule has 0 radical (unpaired) electrons. The minimum Gasteiger partial charge on any atom is -0.365 e. The van der Waals surface area contributed by atoms with Gasteiger partial charge in [-0.25, -0.2) is 0 Å². The molecule has 1 fully saturated rings. The van der Waals surface area contributed by atoms with E-state index in [1.807, 2.05) is 7.05 Å². The molecule has 0 aromatic carbocycles. The van der Waals surface area contributed by atoms with Gasteiger partial charge in [-0.05, 0) is 39.5 Å². The third-order valence-electron chi connectivity index (χ3n) is 4.84. The average Bonchev–Trinajstić information content (AvgIpc) is 2.94. The van der Waals surface area contributed by atoms with Crippen molar-refractivity contribution >= 4 is 22.8 Å². The van der Waals surface area contributed by atoms with Gasteiger partial charge in [0.25, 0.3) is 0 Å². The van der Waals surface area contributed by atoms with E-state index in [-0.39, 0.29) is 11.6 Å². The first-order valence-electron chi connectivity index (χ1n) is 9.31. The molecule has 0 amide bonds. The topological polar surface area (TPSA) is 93.7 Å². The number of fused-ring (bicyclic) bond motifs is 1. The Morgan fingerprint density at radius 1 is 1.24 bits per heavy atom. The molecule has 1 atom stereocenters. The van der Waals surface area contributed by atoms with Crippen molar-refractivity contribution < 1.29 is 0 Å². The first kappa shape index (κ1) is 17.9. The maximum atomic E-state index is 6.41. The zero-order valence-corrected chi connectivity index (χ0v) is 15.8. The fraction of sp³-hybridized carbons (Fsp3) is 0.722. The molecule has 0 unspecified atom stereocenters. The fourth-order valence-electron chi connectivity index (χ4n) is 3.49.